The third-order valence-corrected chi connectivity index (χ3v) is 3.76. The predicted octanol–water partition coefficient (Wildman–Crippen LogP) is 3.18. The van der Waals surface area contributed by atoms with Gasteiger partial charge in [-0.2, -0.15) is 0 Å². The summed E-state index contributed by atoms with van der Waals surface area (Å²) in [6, 6.07) is 10.1. The highest BCUT2D eigenvalue weighted by Gasteiger charge is 2.37. The smallest absolute Gasteiger partial charge is 0.150 e. The van der Waals surface area contributed by atoms with E-state index in [9.17, 15) is 13.9 Å². The normalized spacial score (nSPS) is 15.8. The number of ether oxygens (including phenoxy) is 2. The number of aliphatic hydroxyl groups excluding tert-OH is 1. The molecule has 0 spiro atoms. The first kappa shape index (κ1) is 15.7. The molecule has 0 atom stereocenters. The highest BCUT2D eigenvalue weighted by molar-refractivity contribution is 5.57. The van der Waals surface area contributed by atoms with Gasteiger partial charge in [-0.25, -0.2) is 8.78 Å². The van der Waals surface area contributed by atoms with Gasteiger partial charge in [0.05, 0.1) is 30.9 Å². The van der Waals surface area contributed by atoms with Gasteiger partial charge in [-0.05, 0) is 12.1 Å². The summed E-state index contributed by atoms with van der Waals surface area (Å²) in [6.07, 6.45) is 0. The van der Waals surface area contributed by atoms with Crippen LogP contribution in [0.15, 0.2) is 42.5 Å². The largest absolute Gasteiger partial charge is 0.455 e. The van der Waals surface area contributed by atoms with Gasteiger partial charge in [0.1, 0.15) is 17.4 Å². The Morgan fingerprint density at radius 3 is 2.43 bits per heavy atom. The Morgan fingerprint density at radius 2 is 1.83 bits per heavy atom. The number of hydrogen-bond acceptors (Lipinski definition) is 4. The van der Waals surface area contributed by atoms with Crippen LogP contribution < -0.4 is 10.1 Å². The summed E-state index contributed by atoms with van der Waals surface area (Å²) >= 11 is 0. The lowest BCUT2D eigenvalue weighted by molar-refractivity contribution is -0.128. The van der Waals surface area contributed by atoms with Crippen LogP contribution in [0.5, 0.6) is 11.5 Å². The molecule has 0 aliphatic carbocycles. The van der Waals surface area contributed by atoms with Crippen molar-refractivity contribution in [2.75, 3.05) is 31.7 Å². The van der Waals surface area contributed by atoms with E-state index in [0.29, 0.717) is 31.2 Å². The van der Waals surface area contributed by atoms with Crippen molar-refractivity contribution in [1.82, 2.24) is 0 Å². The molecule has 6 heteroatoms. The first-order valence-electron chi connectivity index (χ1n) is 7.26. The van der Waals surface area contributed by atoms with Crippen molar-refractivity contribution in [3.8, 4) is 11.5 Å². The van der Waals surface area contributed by atoms with Gasteiger partial charge in [0, 0.05) is 24.7 Å². The van der Waals surface area contributed by atoms with Gasteiger partial charge < -0.3 is 19.9 Å². The molecule has 0 unspecified atom stereocenters. The fourth-order valence-electron chi connectivity index (χ4n) is 2.34. The molecule has 3 rings (SSSR count). The molecular formula is C17H17F2NO3. The third-order valence-electron chi connectivity index (χ3n) is 3.76. The van der Waals surface area contributed by atoms with Gasteiger partial charge in [-0.3, -0.25) is 0 Å². The molecule has 1 aliphatic rings. The van der Waals surface area contributed by atoms with Crippen LogP contribution in [0.25, 0.3) is 0 Å². The van der Waals surface area contributed by atoms with Crippen molar-refractivity contribution in [1.29, 1.82) is 0 Å². The van der Waals surface area contributed by atoms with Crippen LogP contribution in [0.3, 0.4) is 0 Å². The molecule has 1 saturated heterocycles. The monoisotopic (exact) mass is 321 g/mol. The Balaban J connectivity index is 1.75. The van der Waals surface area contributed by atoms with Crippen LogP contribution in [0, 0.1) is 17.0 Å². The molecule has 0 bridgehead atoms. The van der Waals surface area contributed by atoms with Gasteiger partial charge in [-0.1, -0.05) is 12.1 Å². The fourth-order valence-corrected chi connectivity index (χ4v) is 2.34. The van der Waals surface area contributed by atoms with Gasteiger partial charge in [-0.15, -0.1) is 0 Å². The Morgan fingerprint density at radius 1 is 1.13 bits per heavy atom. The van der Waals surface area contributed by atoms with E-state index in [-0.39, 0.29) is 17.8 Å². The first-order chi connectivity index (χ1) is 11.1. The van der Waals surface area contributed by atoms with Crippen molar-refractivity contribution in [2.45, 2.75) is 0 Å². The van der Waals surface area contributed by atoms with E-state index >= 15 is 0 Å². The molecule has 4 nitrogen and oxygen atoms in total. The van der Waals surface area contributed by atoms with Crippen LogP contribution in [-0.4, -0.2) is 31.5 Å². The Kier molecular flexibility index (Phi) is 4.45. The average molecular weight is 321 g/mol. The Hall–Kier alpha value is -2.18. The van der Waals surface area contributed by atoms with Crippen LogP contribution in [0.2, 0.25) is 0 Å². The molecule has 2 N–H and O–H groups in total. The van der Waals surface area contributed by atoms with E-state index < -0.39 is 11.6 Å². The number of para-hydroxylation sites is 2. The van der Waals surface area contributed by atoms with Crippen LogP contribution in [0.1, 0.15) is 0 Å². The van der Waals surface area contributed by atoms with Gasteiger partial charge in [0.2, 0.25) is 0 Å². The maximum Gasteiger partial charge on any atom is 0.150 e. The molecular weight excluding hydrogens is 304 g/mol. The number of aliphatic hydroxyl groups is 1. The number of nitrogens with one attached hydrogen (secondary N) is 1. The predicted molar refractivity (Wildman–Crippen MR) is 81.7 cm³/mol. The van der Waals surface area contributed by atoms with Crippen molar-refractivity contribution in [3.05, 3.63) is 54.1 Å². The maximum absolute atomic E-state index is 13.3. The van der Waals surface area contributed by atoms with Crippen LogP contribution >= 0.6 is 0 Å². The van der Waals surface area contributed by atoms with Crippen molar-refractivity contribution >= 4 is 5.69 Å². The van der Waals surface area contributed by atoms with Crippen molar-refractivity contribution in [2.24, 2.45) is 5.41 Å². The van der Waals surface area contributed by atoms with Crippen molar-refractivity contribution in [3.63, 3.8) is 0 Å². The molecule has 0 amide bonds. The molecule has 1 fully saturated rings. The summed E-state index contributed by atoms with van der Waals surface area (Å²) in [5, 5.41) is 12.6. The van der Waals surface area contributed by atoms with Crippen molar-refractivity contribution < 1.29 is 23.4 Å². The summed E-state index contributed by atoms with van der Waals surface area (Å²) in [5.74, 6) is -0.862. The quantitative estimate of drug-likeness (QED) is 0.858. The topological polar surface area (TPSA) is 50.7 Å². The van der Waals surface area contributed by atoms with Gasteiger partial charge >= 0.3 is 0 Å². The molecule has 2 aromatic rings. The fraction of sp³-hybridized carbons (Fsp3) is 0.294. The second-order valence-corrected chi connectivity index (χ2v) is 5.71. The zero-order valence-electron chi connectivity index (χ0n) is 12.4. The number of rotatable bonds is 6. The molecule has 2 aromatic carbocycles. The van der Waals surface area contributed by atoms with E-state index in [1.54, 1.807) is 18.2 Å². The van der Waals surface area contributed by atoms with Gasteiger partial charge in [0.25, 0.3) is 0 Å². The Bertz CT molecular complexity index is 664. The second-order valence-electron chi connectivity index (χ2n) is 5.71. The lowest BCUT2D eigenvalue weighted by Crippen LogP contribution is -2.50. The minimum atomic E-state index is -0.698. The Labute approximate surface area is 132 Å². The summed E-state index contributed by atoms with van der Waals surface area (Å²) in [7, 11) is 0. The molecule has 23 heavy (non-hydrogen) atoms. The lowest BCUT2D eigenvalue weighted by Gasteiger charge is -2.40. The minimum absolute atomic E-state index is 0.0259. The van der Waals surface area contributed by atoms with E-state index in [4.69, 9.17) is 9.47 Å². The summed E-state index contributed by atoms with van der Waals surface area (Å²) in [6.45, 7) is 1.53. The van der Waals surface area contributed by atoms with Gasteiger partial charge in [0.15, 0.2) is 5.75 Å². The standard InChI is InChI=1S/C17H17F2NO3/c18-12-5-13(19)7-14(6-12)23-16-4-2-1-3-15(16)20-8-17(9-21)10-22-11-17/h1-7,20-21H,8-11H2. The summed E-state index contributed by atoms with van der Waals surface area (Å²) < 4.78 is 37.3. The van der Waals surface area contributed by atoms with Crippen LogP contribution in [0.4, 0.5) is 14.5 Å². The highest BCUT2D eigenvalue weighted by Crippen LogP contribution is 2.32. The van der Waals surface area contributed by atoms with E-state index in [2.05, 4.69) is 5.32 Å². The summed E-state index contributed by atoms with van der Waals surface area (Å²) in [4.78, 5) is 0. The van der Waals surface area contributed by atoms with E-state index in [1.807, 2.05) is 6.07 Å². The maximum atomic E-state index is 13.3. The molecule has 1 heterocycles. The van der Waals surface area contributed by atoms with E-state index in [0.717, 1.165) is 18.2 Å². The number of halogens is 2. The number of benzene rings is 2. The first-order valence-corrected chi connectivity index (χ1v) is 7.26. The second kappa shape index (κ2) is 6.52. The highest BCUT2D eigenvalue weighted by atomic mass is 19.1. The zero-order chi connectivity index (χ0) is 16.3. The number of hydrogen-bond donors (Lipinski definition) is 2. The molecule has 0 radical (unpaired) electrons. The van der Waals surface area contributed by atoms with E-state index in [1.165, 1.54) is 0 Å². The molecule has 1 aliphatic heterocycles. The van der Waals surface area contributed by atoms with Crippen LogP contribution in [-0.2, 0) is 4.74 Å². The average Bonchev–Trinajstić information content (AvgIpc) is 2.47. The zero-order valence-corrected chi connectivity index (χ0v) is 12.4. The SMILES string of the molecule is OCC1(CNc2ccccc2Oc2cc(F)cc(F)c2)COC1. The molecule has 122 valence electrons. The molecule has 0 saturated carbocycles. The number of anilines is 1. The minimum Gasteiger partial charge on any atom is -0.455 e. The third kappa shape index (κ3) is 3.60. The lowest BCUT2D eigenvalue weighted by atomic mass is 9.87. The molecule has 0 aromatic heterocycles. The summed E-state index contributed by atoms with van der Waals surface area (Å²) in [5.41, 5.74) is 0.384.